The van der Waals surface area contributed by atoms with E-state index in [0.717, 1.165) is 25.8 Å². The van der Waals surface area contributed by atoms with Gasteiger partial charge < -0.3 is 9.64 Å². The highest BCUT2D eigenvalue weighted by atomic mass is 19.2. The molecule has 1 aromatic carbocycles. The van der Waals surface area contributed by atoms with E-state index < -0.39 is 11.6 Å². The summed E-state index contributed by atoms with van der Waals surface area (Å²) in [6.45, 7) is 2.95. The molecule has 1 aromatic heterocycles. The molecule has 0 saturated heterocycles. The van der Waals surface area contributed by atoms with Crippen molar-refractivity contribution in [3.05, 3.63) is 47.4 Å². The largest absolute Gasteiger partial charge is 0.494 e. The number of ether oxygens (including phenoxy) is 1. The summed E-state index contributed by atoms with van der Waals surface area (Å²) in [7, 11) is 3.34. The second kappa shape index (κ2) is 9.75. The number of rotatable bonds is 9. The van der Waals surface area contributed by atoms with Crippen molar-refractivity contribution in [3.63, 3.8) is 0 Å². The molecule has 0 spiro atoms. The molecule has 2 rings (SSSR count). The Hall–Kier alpha value is -2.83. The molecule has 144 valence electrons. The molecule has 0 fully saturated rings. The Bertz CT molecular complexity index is 808. The summed E-state index contributed by atoms with van der Waals surface area (Å²) in [5, 5.41) is 0. The van der Waals surface area contributed by atoms with Crippen LogP contribution >= 0.6 is 0 Å². The number of halogens is 2. The summed E-state index contributed by atoms with van der Waals surface area (Å²) in [5.41, 5.74) is -0.183. The van der Waals surface area contributed by atoms with E-state index in [1.807, 2.05) is 11.9 Å². The first-order chi connectivity index (χ1) is 13.0. The number of aldehydes is 1. The van der Waals surface area contributed by atoms with Gasteiger partial charge in [0, 0.05) is 13.6 Å². The number of nitrogens with zero attached hydrogens (tertiary/aromatic N) is 3. The van der Waals surface area contributed by atoms with Gasteiger partial charge in [-0.2, -0.15) is 0 Å². The first-order valence-electron chi connectivity index (χ1n) is 8.73. The monoisotopic (exact) mass is 375 g/mol. The zero-order valence-electron chi connectivity index (χ0n) is 15.7. The van der Waals surface area contributed by atoms with Crippen LogP contribution in [0.1, 0.15) is 42.1 Å². The highest BCUT2D eigenvalue weighted by Crippen LogP contribution is 2.27. The van der Waals surface area contributed by atoms with E-state index in [0.29, 0.717) is 12.0 Å². The predicted octanol–water partition coefficient (Wildman–Crippen LogP) is 4.34. The van der Waals surface area contributed by atoms with E-state index in [2.05, 4.69) is 16.9 Å². The molecule has 0 unspecified atom stereocenters. The van der Waals surface area contributed by atoms with Crippen LogP contribution in [0.2, 0.25) is 0 Å². The highest BCUT2D eigenvalue weighted by Gasteiger charge is 2.19. The Labute approximate surface area is 157 Å². The molecule has 0 N–H and O–H groups in total. The van der Waals surface area contributed by atoms with Crippen LogP contribution in [0.4, 0.5) is 8.78 Å². The van der Waals surface area contributed by atoms with E-state index in [4.69, 9.17) is 4.74 Å². The van der Waals surface area contributed by atoms with Crippen LogP contribution in [0.15, 0.2) is 24.7 Å². The number of carbonyl (C=O) groups excluding carboxylic acids is 1. The number of aromatic nitrogens is 2. The standard InChI is InChI=1S/C20H23F2N3O2/c1-4-5-6-8-25(2)9-7-14-10-16(18(21)19(22)17(14)13-26)20-23-11-15(27-3)12-24-20/h7,9-13H,4-6,8H2,1-3H3/b9-7-. The molecule has 7 heteroatoms. The molecule has 1 heterocycles. The molecule has 0 aliphatic rings. The number of hydrogen-bond donors (Lipinski definition) is 0. The maximum absolute atomic E-state index is 14.4. The first kappa shape index (κ1) is 20.5. The van der Waals surface area contributed by atoms with Crippen molar-refractivity contribution in [1.29, 1.82) is 0 Å². The lowest BCUT2D eigenvalue weighted by atomic mass is 10.0. The van der Waals surface area contributed by atoms with E-state index >= 15 is 0 Å². The fourth-order valence-electron chi connectivity index (χ4n) is 2.53. The van der Waals surface area contributed by atoms with Crippen LogP contribution in [-0.4, -0.2) is 41.9 Å². The van der Waals surface area contributed by atoms with E-state index in [9.17, 15) is 13.6 Å². The minimum atomic E-state index is -1.21. The van der Waals surface area contributed by atoms with Crippen LogP contribution in [0.5, 0.6) is 5.75 Å². The van der Waals surface area contributed by atoms with Crippen LogP contribution < -0.4 is 4.74 Å². The van der Waals surface area contributed by atoms with Crippen molar-refractivity contribution in [2.24, 2.45) is 0 Å². The summed E-state index contributed by atoms with van der Waals surface area (Å²) in [6.07, 6.45) is 9.63. The summed E-state index contributed by atoms with van der Waals surface area (Å²) >= 11 is 0. The average Bonchev–Trinajstić information content (AvgIpc) is 2.69. The smallest absolute Gasteiger partial charge is 0.170 e. The molecule has 0 atom stereocenters. The second-order valence-corrected chi connectivity index (χ2v) is 6.12. The van der Waals surface area contributed by atoms with Gasteiger partial charge in [-0.15, -0.1) is 0 Å². The minimum absolute atomic E-state index is 0.00981. The lowest BCUT2D eigenvalue weighted by Gasteiger charge is -2.14. The minimum Gasteiger partial charge on any atom is -0.494 e. The molecule has 0 bridgehead atoms. The van der Waals surface area contributed by atoms with Crippen molar-refractivity contribution >= 4 is 12.4 Å². The summed E-state index contributed by atoms with van der Waals surface area (Å²) in [5.74, 6) is -1.96. The van der Waals surface area contributed by atoms with Crippen LogP contribution in [0, 0.1) is 11.6 Å². The maximum Gasteiger partial charge on any atom is 0.170 e. The fourth-order valence-corrected chi connectivity index (χ4v) is 2.53. The normalized spacial score (nSPS) is 11.0. The van der Waals surface area contributed by atoms with Gasteiger partial charge in [-0.25, -0.2) is 18.7 Å². The SMILES string of the molecule is CCCCCN(C)/C=C\c1cc(-c2ncc(OC)cn2)c(F)c(F)c1C=O. The van der Waals surface area contributed by atoms with Gasteiger partial charge in [-0.3, -0.25) is 4.79 Å². The van der Waals surface area contributed by atoms with Crippen molar-refractivity contribution in [2.45, 2.75) is 26.2 Å². The van der Waals surface area contributed by atoms with E-state index in [1.165, 1.54) is 25.6 Å². The number of unbranched alkanes of at least 4 members (excludes halogenated alkanes) is 2. The first-order valence-corrected chi connectivity index (χ1v) is 8.73. The van der Waals surface area contributed by atoms with Gasteiger partial charge >= 0.3 is 0 Å². The quantitative estimate of drug-likeness (QED) is 0.482. The van der Waals surface area contributed by atoms with Gasteiger partial charge in [0.15, 0.2) is 29.5 Å². The third-order valence-corrected chi connectivity index (χ3v) is 4.12. The van der Waals surface area contributed by atoms with Gasteiger partial charge in [0.05, 0.1) is 30.6 Å². The Morgan fingerprint density at radius 2 is 1.89 bits per heavy atom. The van der Waals surface area contributed by atoms with Crippen molar-refractivity contribution in [3.8, 4) is 17.1 Å². The summed E-state index contributed by atoms with van der Waals surface area (Å²) in [6, 6.07) is 1.38. The second-order valence-electron chi connectivity index (χ2n) is 6.12. The van der Waals surface area contributed by atoms with Gasteiger partial charge in [0.1, 0.15) is 0 Å². The lowest BCUT2D eigenvalue weighted by Crippen LogP contribution is -2.12. The van der Waals surface area contributed by atoms with Gasteiger partial charge in [0.25, 0.3) is 0 Å². The topological polar surface area (TPSA) is 55.3 Å². The average molecular weight is 375 g/mol. The number of hydrogen-bond acceptors (Lipinski definition) is 5. The molecular weight excluding hydrogens is 352 g/mol. The van der Waals surface area contributed by atoms with Crippen LogP contribution in [0.3, 0.4) is 0 Å². The fraction of sp³-hybridized carbons (Fsp3) is 0.350. The molecule has 0 radical (unpaired) electrons. The van der Waals surface area contributed by atoms with Gasteiger partial charge in [0.2, 0.25) is 0 Å². The molecule has 2 aromatic rings. The zero-order chi connectivity index (χ0) is 19.8. The van der Waals surface area contributed by atoms with Crippen molar-refractivity contribution in [2.75, 3.05) is 20.7 Å². The number of methoxy groups -OCH3 is 1. The molecule has 0 aliphatic heterocycles. The molecule has 0 saturated carbocycles. The molecule has 0 amide bonds. The lowest BCUT2D eigenvalue weighted by molar-refractivity contribution is 0.111. The Morgan fingerprint density at radius 1 is 1.19 bits per heavy atom. The highest BCUT2D eigenvalue weighted by molar-refractivity contribution is 5.84. The number of carbonyl (C=O) groups is 1. The maximum atomic E-state index is 14.4. The zero-order valence-corrected chi connectivity index (χ0v) is 15.7. The molecule has 0 aliphatic carbocycles. The summed E-state index contributed by atoms with van der Waals surface area (Å²) < 4.78 is 33.8. The Balaban J connectivity index is 2.38. The van der Waals surface area contributed by atoms with E-state index in [1.54, 1.807) is 12.3 Å². The van der Waals surface area contributed by atoms with Crippen molar-refractivity contribution in [1.82, 2.24) is 14.9 Å². The predicted molar refractivity (Wildman–Crippen MR) is 101 cm³/mol. The van der Waals surface area contributed by atoms with Gasteiger partial charge in [-0.05, 0) is 30.3 Å². The molecule has 27 heavy (non-hydrogen) atoms. The third-order valence-electron chi connectivity index (χ3n) is 4.12. The molecule has 5 nitrogen and oxygen atoms in total. The van der Waals surface area contributed by atoms with Crippen molar-refractivity contribution < 1.29 is 18.3 Å². The van der Waals surface area contributed by atoms with E-state index in [-0.39, 0.29) is 22.5 Å². The third kappa shape index (κ3) is 5.09. The van der Waals surface area contributed by atoms with Gasteiger partial charge in [-0.1, -0.05) is 19.8 Å². The number of benzene rings is 1. The van der Waals surface area contributed by atoms with Crippen LogP contribution in [0.25, 0.3) is 17.5 Å². The van der Waals surface area contributed by atoms with Crippen LogP contribution in [-0.2, 0) is 0 Å². The summed E-state index contributed by atoms with van der Waals surface area (Å²) in [4.78, 5) is 21.2. The Morgan fingerprint density at radius 3 is 2.48 bits per heavy atom. The molecular formula is C20H23F2N3O2. The Kier molecular flexibility index (Phi) is 7.40.